The summed E-state index contributed by atoms with van der Waals surface area (Å²) in [6.07, 6.45) is 0.911. The lowest BCUT2D eigenvalue weighted by Gasteiger charge is -2.04. The Morgan fingerprint density at radius 3 is 2.86 bits per heavy atom. The number of amides is 1. The summed E-state index contributed by atoms with van der Waals surface area (Å²) in [6.45, 7) is 1.73. The molecule has 0 unspecified atom stereocenters. The Morgan fingerprint density at radius 1 is 1.57 bits per heavy atom. The molecule has 0 spiro atoms. The first-order chi connectivity index (χ1) is 6.67. The summed E-state index contributed by atoms with van der Waals surface area (Å²) in [5, 5.41) is 11.8. The molecule has 0 radical (unpaired) electrons. The molecule has 0 saturated carbocycles. The Bertz CT molecular complexity index is 360. The predicted molar refractivity (Wildman–Crippen MR) is 52.4 cm³/mol. The molecular weight excluding hydrogens is 182 g/mol. The van der Waals surface area contributed by atoms with Crippen molar-refractivity contribution in [1.29, 1.82) is 0 Å². The number of phenols is 1. The highest BCUT2D eigenvalue weighted by molar-refractivity contribution is 5.92. The van der Waals surface area contributed by atoms with E-state index in [2.05, 4.69) is 5.32 Å². The van der Waals surface area contributed by atoms with Crippen LogP contribution >= 0.6 is 0 Å². The van der Waals surface area contributed by atoms with Gasteiger partial charge < -0.3 is 10.4 Å². The van der Waals surface area contributed by atoms with Gasteiger partial charge in [-0.2, -0.15) is 0 Å². The summed E-state index contributed by atoms with van der Waals surface area (Å²) >= 11 is 0. The third-order valence-corrected chi connectivity index (χ3v) is 1.76. The van der Waals surface area contributed by atoms with E-state index in [0.717, 1.165) is 0 Å². The Hall–Kier alpha value is -1.84. The molecule has 4 nitrogen and oxygen atoms in total. The van der Waals surface area contributed by atoms with Crippen LogP contribution in [0.2, 0.25) is 0 Å². The van der Waals surface area contributed by atoms with Crippen molar-refractivity contribution in [2.75, 3.05) is 5.32 Å². The average molecular weight is 193 g/mol. The molecule has 0 bridgehead atoms. The highest BCUT2D eigenvalue weighted by Gasteiger charge is 2.03. The second-order valence-corrected chi connectivity index (χ2v) is 2.79. The molecule has 4 heteroatoms. The van der Waals surface area contributed by atoms with E-state index >= 15 is 0 Å². The number of carbonyl (C=O) groups is 2. The van der Waals surface area contributed by atoms with Crippen molar-refractivity contribution < 1.29 is 14.7 Å². The average Bonchev–Trinajstić information content (AvgIpc) is 2.20. The van der Waals surface area contributed by atoms with Gasteiger partial charge in [0.2, 0.25) is 5.91 Å². The quantitative estimate of drug-likeness (QED) is 0.565. The summed E-state index contributed by atoms with van der Waals surface area (Å²) in [6, 6.07) is 4.33. The van der Waals surface area contributed by atoms with Crippen LogP contribution in [0.25, 0.3) is 0 Å². The molecule has 0 aliphatic carbocycles. The number of aldehydes is 1. The van der Waals surface area contributed by atoms with Gasteiger partial charge in [-0.05, 0) is 18.2 Å². The van der Waals surface area contributed by atoms with Crippen LogP contribution in [0.3, 0.4) is 0 Å². The first kappa shape index (κ1) is 10.2. The predicted octanol–water partition coefficient (Wildman–Crippen LogP) is 1.55. The van der Waals surface area contributed by atoms with Crippen LogP contribution in [-0.4, -0.2) is 17.3 Å². The summed E-state index contributed by atoms with van der Waals surface area (Å²) < 4.78 is 0. The molecule has 1 amide bonds. The molecule has 0 aromatic heterocycles. The van der Waals surface area contributed by atoms with E-state index in [1.165, 1.54) is 18.2 Å². The van der Waals surface area contributed by atoms with Crippen molar-refractivity contribution in [2.24, 2.45) is 0 Å². The topological polar surface area (TPSA) is 66.4 Å². The molecule has 0 aliphatic heterocycles. The second kappa shape index (κ2) is 4.41. The molecule has 0 saturated heterocycles. The largest absolute Gasteiger partial charge is 0.507 e. The summed E-state index contributed by atoms with van der Waals surface area (Å²) in [7, 11) is 0. The first-order valence-corrected chi connectivity index (χ1v) is 4.25. The van der Waals surface area contributed by atoms with Gasteiger partial charge in [-0.1, -0.05) is 6.92 Å². The van der Waals surface area contributed by atoms with Crippen LogP contribution in [0.15, 0.2) is 18.2 Å². The van der Waals surface area contributed by atoms with Crippen molar-refractivity contribution in [3.8, 4) is 5.75 Å². The molecule has 0 atom stereocenters. The Morgan fingerprint density at radius 2 is 2.29 bits per heavy atom. The highest BCUT2D eigenvalue weighted by Crippen LogP contribution is 2.19. The zero-order valence-corrected chi connectivity index (χ0v) is 7.78. The standard InChI is InChI=1S/C10H11NO3/c1-2-10(14)11-8-3-4-9(13)7(5-8)6-12/h3-6,13H,2H2,1H3,(H,11,14). The third-order valence-electron chi connectivity index (χ3n) is 1.76. The minimum Gasteiger partial charge on any atom is -0.507 e. The number of nitrogens with one attached hydrogen (secondary N) is 1. The van der Waals surface area contributed by atoms with Crippen LogP contribution in [0, 0.1) is 0 Å². The number of carbonyl (C=O) groups excluding carboxylic acids is 2. The fourth-order valence-electron chi connectivity index (χ4n) is 0.976. The molecule has 14 heavy (non-hydrogen) atoms. The van der Waals surface area contributed by atoms with Gasteiger partial charge in [-0.25, -0.2) is 0 Å². The zero-order chi connectivity index (χ0) is 10.6. The van der Waals surface area contributed by atoms with Gasteiger partial charge in [0, 0.05) is 12.1 Å². The van der Waals surface area contributed by atoms with Crippen LogP contribution in [0.1, 0.15) is 23.7 Å². The Balaban J connectivity index is 2.89. The molecule has 0 fully saturated rings. The number of aromatic hydroxyl groups is 1. The van der Waals surface area contributed by atoms with Gasteiger partial charge in [-0.3, -0.25) is 9.59 Å². The van der Waals surface area contributed by atoms with Crippen molar-refractivity contribution in [2.45, 2.75) is 13.3 Å². The van der Waals surface area contributed by atoms with Crippen molar-refractivity contribution in [3.63, 3.8) is 0 Å². The number of phenolic OH excluding ortho intramolecular Hbond substituents is 1. The smallest absolute Gasteiger partial charge is 0.224 e. The number of rotatable bonds is 3. The van der Waals surface area contributed by atoms with Gasteiger partial charge in [0.15, 0.2) is 6.29 Å². The van der Waals surface area contributed by atoms with E-state index in [9.17, 15) is 14.7 Å². The molecule has 1 aromatic carbocycles. The van der Waals surface area contributed by atoms with E-state index in [-0.39, 0.29) is 17.2 Å². The molecule has 2 N–H and O–H groups in total. The van der Waals surface area contributed by atoms with E-state index < -0.39 is 0 Å². The number of benzene rings is 1. The number of hydrogen-bond acceptors (Lipinski definition) is 3. The van der Waals surface area contributed by atoms with Gasteiger partial charge in [0.25, 0.3) is 0 Å². The van der Waals surface area contributed by atoms with E-state index in [0.29, 0.717) is 18.4 Å². The summed E-state index contributed by atoms with van der Waals surface area (Å²) in [5.41, 5.74) is 0.677. The normalized spacial score (nSPS) is 9.50. The Labute approximate surface area is 81.6 Å². The number of hydrogen-bond donors (Lipinski definition) is 2. The van der Waals surface area contributed by atoms with Crippen LogP contribution in [0.4, 0.5) is 5.69 Å². The monoisotopic (exact) mass is 193 g/mol. The summed E-state index contributed by atoms with van der Waals surface area (Å²) in [4.78, 5) is 21.5. The van der Waals surface area contributed by atoms with Crippen LogP contribution in [-0.2, 0) is 4.79 Å². The summed E-state index contributed by atoms with van der Waals surface area (Å²) in [5.74, 6) is -0.220. The maximum atomic E-state index is 11.0. The fraction of sp³-hybridized carbons (Fsp3) is 0.200. The van der Waals surface area contributed by atoms with Gasteiger partial charge >= 0.3 is 0 Å². The van der Waals surface area contributed by atoms with E-state index in [4.69, 9.17) is 0 Å². The van der Waals surface area contributed by atoms with Crippen molar-refractivity contribution in [3.05, 3.63) is 23.8 Å². The lowest BCUT2D eigenvalue weighted by molar-refractivity contribution is -0.115. The third kappa shape index (κ3) is 2.32. The molecular formula is C10H11NO3. The molecule has 1 rings (SSSR count). The van der Waals surface area contributed by atoms with Gasteiger partial charge in [-0.15, -0.1) is 0 Å². The second-order valence-electron chi connectivity index (χ2n) is 2.79. The lowest BCUT2D eigenvalue weighted by Crippen LogP contribution is -2.09. The molecule has 74 valence electrons. The first-order valence-electron chi connectivity index (χ1n) is 4.25. The van der Waals surface area contributed by atoms with Crippen LogP contribution in [0.5, 0.6) is 5.75 Å². The van der Waals surface area contributed by atoms with Gasteiger partial charge in [0.05, 0.1) is 5.56 Å². The highest BCUT2D eigenvalue weighted by atomic mass is 16.3. The van der Waals surface area contributed by atoms with E-state index in [1.807, 2.05) is 0 Å². The SMILES string of the molecule is CCC(=O)Nc1ccc(O)c(C=O)c1. The van der Waals surface area contributed by atoms with Gasteiger partial charge in [0.1, 0.15) is 5.75 Å². The van der Waals surface area contributed by atoms with Crippen molar-refractivity contribution >= 4 is 17.9 Å². The molecule has 0 heterocycles. The zero-order valence-electron chi connectivity index (χ0n) is 7.78. The van der Waals surface area contributed by atoms with Crippen LogP contribution < -0.4 is 5.32 Å². The number of anilines is 1. The Kier molecular flexibility index (Phi) is 3.23. The molecule has 1 aromatic rings. The fourth-order valence-corrected chi connectivity index (χ4v) is 0.976. The molecule has 0 aliphatic rings. The minimum atomic E-state index is -0.132. The lowest BCUT2D eigenvalue weighted by atomic mass is 10.2. The minimum absolute atomic E-state index is 0.0884. The maximum absolute atomic E-state index is 11.0. The van der Waals surface area contributed by atoms with E-state index in [1.54, 1.807) is 6.92 Å². The maximum Gasteiger partial charge on any atom is 0.224 e. The van der Waals surface area contributed by atoms with Crippen molar-refractivity contribution in [1.82, 2.24) is 0 Å².